The number of carbonyl (C=O) groups is 1. The second-order valence-electron chi connectivity index (χ2n) is 9.53. The molecule has 0 atom stereocenters. The predicted molar refractivity (Wildman–Crippen MR) is 132 cm³/mol. The fourth-order valence-corrected chi connectivity index (χ4v) is 4.53. The molecule has 196 valence electrons. The Morgan fingerprint density at radius 3 is 2.59 bits per heavy atom. The van der Waals surface area contributed by atoms with Crippen LogP contribution >= 0.6 is 0 Å². The molecule has 1 amide bonds. The molecule has 2 aromatic heterocycles. The van der Waals surface area contributed by atoms with E-state index in [4.69, 9.17) is 4.74 Å². The first kappa shape index (κ1) is 26.4. The summed E-state index contributed by atoms with van der Waals surface area (Å²) in [5.41, 5.74) is 0.0731. The Morgan fingerprint density at radius 1 is 1.22 bits per heavy atom. The van der Waals surface area contributed by atoms with Crippen molar-refractivity contribution in [2.45, 2.75) is 25.4 Å². The molecule has 0 bridgehead atoms. The quantitative estimate of drug-likeness (QED) is 0.472. The molecule has 1 aliphatic rings. The van der Waals surface area contributed by atoms with E-state index in [2.05, 4.69) is 14.9 Å². The normalized spacial score (nSPS) is 15.1. The van der Waals surface area contributed by atoms with E-state index in [0.717, 1.165) is 32.0 Å². The van der Waals surface area contributed by atoms with Crippen molar-refractivity contribution >= 4 is 16.9 Å². The molecular formula is C26H29F3N6O2. The van der Waals surface area contributed by atoms with E-state index < -0.39 is 11.7 Å². The van der Waals surface area contributed by atoms with Crippen molar-refractivity contribution in [2.24, 2.45) is 13.0 Å². The number of halogens is 3. The molecule has 0 saturated carbocycles. The number of aromatic nitrogens is 3. The summed E-state index contributed by atoms with van der Waals surface area (Å²) in [7, 11) is 5.20. The van der Waals surface area contributed by atoms with Crippen LogP contribution in [-0.4, -0.2) is 70.6 Å². The highest BCUT2D eigenvalue weighted by Crippen LogP contribution is 2.40. The van der Waals surface area contributed by atoms with E-state index in [0.29, 0.717) is 29.9 Å². The maximum atomic E-state index is 14.0. The van der Waals surface area contributed by atoms with Crippen LogP contribution in [0.25, 0.3) is 22.3 Å². The maximum absolute atomic E-state index is 14.0. The van der Waals surface area contributed by atoms with Gasteiger partial charge >= 0.3 is 6.18 Å². The third kappa shape index (κ3) is 6.02. The number of ether oxygens (including phenoxy) is 1. The molecule has 37 heavy (non-hydrogen) atoms. The standard InChI is InChI=1S/C26H29F3N6O2/c1-33(2)23(36)16-35-11-6-17(7-12-35)9-13-37-21-5-4-18(14-20(21)26(27,28)29)24-19-8-10-34(3)25(19)32-22(15-30)31-24/h4-5,8,10,14,17H,6-7,9,11-13,16H2,1-3H3. The van der Waals surface area contributed by atoms with Gasteiger partial charge in [-0.05, 0) is 62.5 Å². The first-order valence-corrected chi connectivity index (χ1v) is 12.1. The number of piperidine rings is 1. The lowest BCUT2D eigenvalue weighted by Crippen LogP contribution is -2.41. The number of aryl methyl sites for hydroxylation is 1. The van der Waals surface area contributed by atoms with Gasteiger partial charge in [0.1, 0.15) is 17.5 Å². The first-order chi connectivity index (χ1) is 17.6. The van der Waals surface area contributed by atoms with Gasteiger partial charge in [0.05, 0.1) is 24.4 Å². The largest absolute Gasteiger partial charge is 0.493 e. The van der Waals surface area contributed by atoms with Crippen LogP contribution in [0.5, 0.6) is 5.75 Å². The summed E-state index contributed by atoms with van der Waals surface area (Å²) in [6.45, 7) is 2.11. The van der Waals surface area contributed by atoms with Gasteiger partial charge in [-0.1, -0.05) is 0 Å². The topological polar surface area (TPSA) is 87.3 Å². The van der Waals surface area contributed by atoms with Gasteiger partial charge in [0.15, 0.2) is 0 Å². The molecule has 1 fully saturated rings. The number of amides is 1. The molecule has 3 heterocycles. The Balaban J connectivity index is 1.46. The van der Waals surface area contributed by atoms with Gasteiger partial charge in [0, 0.05) is 38.3 Å². The van der Waals surface area contributed by atoms with Gasteiger partial charge in [-0.2, -0.15) is 18.4 Å². The van der Waals surface area contributed by atoms with Gasteiger partial charge in [-0.3, -0.25) is 9.69 Å². The van der Waals surface area contributed by atoms with Crippen LogP contribution in [0.4, 0.5) is 13.2 Å². The Morgan fingerprint density at radius 2 is 1.95 bits per heavy atom. The van der Waals surface area contributed by atoms with E-state index in [9.17, 15) is 23.2 Å². The second-order valence-corrected chi connectivity index (χ2v) is 9.53. The first-order valence-electron chi connectivity index (χ1n) is 12.1. The van der Waals surface area contributed by atoms with Crippen molar-refractivity contribution in [3.05, 3.63) is 41.9 Å². The summed E-state index contributed by atoms with van der Waals surface area (Å²) < 4.78 is 49.3. The smallest absolute Gasteiger partial charge is 0.419 e. The van der Waals surface area contributed by atoms with E-state index in [1.54, 1.807) is 42.9 Å². The average Bonchev–Trinajstić information content (AvgIpc) is 3.24. The predicted octanol–water partition coefficient (Wildman–Crippen LogP) is 4.09. The van der Waals surface area contributed by atoms with Gasteiger partial charge in [-0.15, -0.1) is 0 Å². The number of fused-ring (bicyclic) bond motifs is 1. The molecular weight excluding hydrogens is 485 g/mol. The lowest BCUT2D eigenvalue weighted by molar-refractivity contribution is -0.139. The van der Waals surface area contributed by atoms with Crippen LogP contribution in [-0.2, 0) is 18.0 Å². The maximum Gasteiger partial charge on any atom is 0.419 e. The van der Waals surface area contributed by atoms with E-state index in [-0.39, 0.29) is 35.3 Å². The Hall–Kier alpha value is -3.65. The van der Waals surface area contributed by atoms with Crippen LogP contribution < -0.4 is 4.74 Å². The lowest BCUT2D eigenvalue weighted by Gasteiger charge is -2.32. The van der Waals surface area contributed by atoms with Crippen molar-refractivity contribution in [1.29, 1.82) is 5.26 Å². The number of nitrogens with zero attached hydrogens (tertiary/aromatic N) is 6. The van der Waals surface area contributed by atoms with Gasteiger partial charge in [-0.25, -0.2) is 9.97 Å². The number of rotatable bonds is 7. The lowest BCUT2D eigenvalue weighted by atomic mass is 9.94. The molecule has 3 aromatic rings. The molecule has 0 spiro atoms. The van der Waals surface area contributed by atoms with Crippen LogP contribution in [0.3, 0.4) is 0 Å². The molecule has 0 unspecified atom stereocenters. The van der Waals surface area contributed by atoms with Crippen LogP contribution in [0, 0.1) is 17.2 Å². The number of carbonyl (C=O) groups excluding carboxylic acids is 1. The van der Waals surface area contributed by atoms with Crippen LogP contribution in [0.2, 0.25) is 0 Å². The number of nitriles is 1. The molecule has 1 saturated heterocycles. The fourth-order valence-electron chi connectivity index (χ4n) is 4.53. The highest BCUT2D eigenvalue weighted by Gasteiger charge is 2.35. The van der Waals surface area contributed by atoms with Gasteiger partial charge in [0.25, 0.3) is 0 Å². The van der Waals surface area contributed by atoms with Crippen molar-refractivity contribution in [2.75, 3.05) is 40.3 Å². The van der Waals surface area contributed by atoms with Crippen LogP contribution in [0.1, 0.15) is 30.7 Å². The van der Waals surface area contributed by atoms with E-state index >= 15 is 0 Å². The third-order valence-corrected chi connectivity index (χ3v) is 6.73. The number of benzene rings is 1. The molecule has 0 radical (unpaired) electrons. The Labute approximate surface area is 213 Å². The number of likely N-dealkylation sites (tertiary alicyclic amines) is 1. The Bertz CT molecular complexity index is 1320. The Kier molecular flexibility index (Phi) is 7.68. The van der Waals surface area contributed by atoms with Crippen molar-refractivity contribution in [3.63, 3.8) is 0 Å². The highest BCUT2D eigenvalue weighted by atomic mass is 19.4. The highest BCUT2D eigenvalue weighted by molar-refractivity contribution is 5.91. The molecule has 0 N–H and O–H groups in total. The summed E-state index contributed by atoms with van der Waals surface area (Å²) in [5, 5.41) is 9.86. The van der Waals surface area contributed by atoms with Gasteiger partial charge < -0.3 is 14.2 Å². The minimum atomic E-state index is -4.63. The molecule has 1 aliphatic heterocycles. The van der Waals surface area contributed by atoms with Gasteiger partial charge in [0.2, 0.25) is 11.7 Å². The fraction of sp³-hybridized carbons (Fsp3) is 0.462. The summed E-state index contributed by atoms with van der Waals surface area (Å²) in [4.78, 5) is 23.9. The van der Waals surface area contributed by atoms with Crippen molar-refractivity contribution < 1.29 is 22.7 Å². The summed E-state index contributed by atoms with van der Waals surface area (Å²) in [6.07, 6.45) is -0.530. The summed E-state index contributed by atoms with van der Waals surface area (Å²) in [6, 6.07) is 7.45. The molecule has 11 heteroatoms. The monoisotopic (exact) mass is 514 g/mol. The molecule has 4 rings (SSSR count). The minimum absolute atomic E-state index is 0.0590. The summed E-state index contributed by atoms with van der Waals surface area (Å²) in [5.74, 6) is 0.0410. The van der Waals surface area contributed by atoms with Crippen molar-refractivity contribution in [1.82, 2.24) is 24.3 Å². The summed E-state index contributed by atoms with van der Waals surface area (Å²) >= 11 is 0. The number of hydrogen-bond acceptors (Lipinski definition) is 6. The second kappa shape index (κ2) is 10.8. The molecule has 8 nitrogen and oxygen atoms in total. The third-order valence-electron chi connectivity index (χ3n) is 6.73. The zero-order valence-corrected chi connectivity index (χ0v) is 21.0. The average molecular weight is 515 g/mol. The van der Waals surface area contributed by atoms with E-state index in [1.807, 2.05) is 6.07 Å². The van der Waals surface area contributed by atoms with Crippen LogP contribution in [0.15, 0.2) is 30.5 Å². The SMILES string of the molecule is CN(C)C(=O)CN1CCC(CCOc2ccc(-c3nc(C#N)nc4c3ccn4C)cc2C(F)(F)F)CC1. The number of likely N-dealkylation sites (N-methyl/N-ethyl adjacent to an activating group) is 1. The van der Waals surface area contributed by atoms with E-state index in [1.165, 1.54) is 12.1 Å². The molecule has 1 aromatic carbocycles. The molecule has 0 aliphatic carbocycles. The number of alkyl halides is 3. The minimum Gasteiger partial charge on any atom is -0.493 e. The van der Waals surface area contributed by atoms with Crippen molar-refractivity contribution in [3.8, 4) is 23.1 Å². The zero-order chi connectivity index (χ0) is 26.7. The zero-order valence-electron chi connectivity index (χ0n) is 21.0. The number of hydrogen-bond donors (Lipinski definition) is 0.